The Kier molecular flexibility index (Phi) is 8.08. The van der Waals surface area contributed by atoms with Gasteiger partial charge in [0, 0.05) is 17.0 Å². The first-order valence-corrected chi connectivity index (χ1v) is 9.25. The summed E-state index contributed by atoms with van der Waals surface area (Å²) >= 11 is 1.33. The summed E-state index contributed by atoms with van der Waals surface area (Å²) in [5, 5.41) is 3.17. The molecule has 27 heavy (non-hydrogen) atoms. The zero-order valence-electron chi connectivity index (χ0n) is 15.3. The van der Waals surface area contributed by atoms with Crippen LogP contribution in [0.2, 0.25) is 0 Å². The van der Waals surface area contributed by atoms with E-state index in [-0.39, 0.29) is 11.7 Å². The summed E-state index contributed by atoms with van der Waals surface area (Å²) in [6.07, 6.45) is -0.635. The summed E-state index contributed by atoms with van der Waals surface area (Å²) in [5.41, 5.74) is 1.41. The van der Waals surface area contributed by atoms with Gasteiger partial charge in [-0.15, -0.1) is 11.3 Å². The van der Waals surface area contributed by atoms with Gasteiger partial charge in [-0.25, -0.2) is 4.98 Å². The SMILES string of the molecule is CCOCCO[C@H](C)C(=O)Nc1nc(-c2ccc(OC(F)F)cc2)c(C)s1. The predicted octanol–water partition coefficient (Wildman–Crippen LogP) is 4.10. The number of benzene rings is 1. The molecule has 0 spiro atoms. The van der Waals surface area contributed by atoms with Crippen molar-refractivity contribution in [3.63, 3.8) is 0 Å². The average molecular weight is 400 g/mol. The van der Waals surface area contributed by atoms with Crippen molar-refractivity contribution in [3.05, 3.63) is 29.1 Å². The lowest BCUT2D eigenvalue weighted by Gasteiger charge is -2.11. The molecule has 2 rings (SSSR count). The molecular weight excluding hydrogens is 378 g/mol. The van der Waals surface area contributed by atoms with Gasteiger partial charge in [-0.3, -0.25) is 10.1 Å². The number of alkyl halides is 2. The molecule has 0 aliphatic carbocycles. The molecule has 0 unspecified atom stereocenters. The molecular formula is C18H22F2N2O4S. The minimum Gasteiger partial charge on any atom is -0.435 e. The molecule has 9 heteroatoms. The van der Waals surface area contributed by atoms with Crippen LogP contribution in [0.5, 0.6) is 5.75 Å². The number of aromatic nitrogens is 1. The predicted molar refractivity (Wildman–Crippen MR) is 99.5 cm³/mol. The van der Waals surface area contributed by atoms with Crippen molar-refractivity contribution >= 4 is 22.4 Å². The largest absolute Gasteiger partial charge is 0.435 e. The van der Waals surface area contributed by atoms with E-state index in [0.29, 0.717) is 30.6 Å². The zero-order valence-corrected chi connectivity index (χ0v) is 16.1. The number of hydrogen-bond acceptors (Lipinski definition) is 6. The van der Waals surface area contributed by atoms with Crippen molar-refractivity contribution in [2.45, 2.75) is 33.5 Å². The Balaban J connectivity index is 1.98. The van der Waals surface area contributed by atoms with E-state index < -0.39 is 12.7 Å². The summed E-state index contributed by atoms with van der Waals surface area (Å²) in [6.45, 7) is 3.91. The van der Waals surface area contributed by atoms with E-state index >= 15 is 0 Å². The summed E-state index contributed by atoms with van der Waals surface area (Å²) in [7, 11) is 0. The summed E-state index contributed by atoms with van der Waals surface area (Å²) < 4.78 is 39.4. The van der Waals surface area contributed by atoms with Crippen LogP contribution in [0.3, 0.4) is 0 Å². The van der Waals surface area contributed by atoms with Crippen molar-refractivity contribution < 1.29 is 27.8 Å². The van der Waals surface area contributed by atoms with Crippen molar-refractivity contribution in [1.82, 2.24) is 4.98 Å². The Morgan fingerprint density at radius 1 is 1.26 bits per heavy atom. The Morgan fingerprint density at radius 2 is 1.96 bits per heavy atom. The number of rotatable bonds is 10. The lowest BCUT2D eigenvalue weighted by atomic mass is 10.1. The number of nitrogens with zero attached hydrogens (tertiary/aromatic N) is 1. The maximum atomic E-state index is 12.2. The molecule has 1 amide bonds. The third-order valence-corrected chi connectivity index (χ3v) is 4.43. The molecule has 148 valence electrons. The Morgan fingerprint density at radius 3 is 2.59 bits per heavy atom. The van der Waals surface area contributed by atoms with Crippen LogP contribution in [0.4, 0.5) is 13.9 Å². The second-order valence-electron chi connectivity index (χ2n) is 5.53. The first-order valence-electron chi connectivity index (χ1n) is 8.43. The number of hydrogen-bond donors (Lipinski definition) is 1. The molecule has 0 saturated heterocycles. The van der Waals surface area contributed by atoms with E-state index in [2.05, 4.69) is 15.0 Å². The molecule has 0 aliphatic rings. The molecule has 1 heterocycles. The van der Waals surface area contributed by atoms with Crippen LogP contribution in [-0.4, -0.2) is 43.4 Å². The van der Waals surface area contributed by atoms with E-state index in [1.165, 1.54) is 23.5 Å². The summed E-state index contributed by atoms with van der Waals surface area (Å²) in [6, 6.07) is 6.19. The first-order chi connectivity index (χ1) is 12.9. The first kappa shape index (κ1) is 21.2. The fourth-order valence-electron chi connectivity index (χ4n) is 2.22. The normalized spacial score (nSPS) is 12.2. The molecule has 1 aromatic carbocycles. The molecule has 6 nitrogen and oxygen atoms in total. The van der Waals surface area contributed by atoms with Crippen molar-refractivity contribution in [2.24, 2.45) is 0 Å². The smallest absolute Gasteiger partial charge is 0.387 e. The van der Waals surface area contributed by atoms with Gasteiger partial charge in [-0.05, 0) is 45.0 Å². The van der Waals surface area contributed by atoms with Crippen LogP contribution >= 0.6 is 11.3 Å². The molecule has 0 saturated carbocycles. The summed E-state index contributed by atoms with van der Waals surface area (Å²) in [5.74, 6) is -0.222. The summed E-state index contributed by atoms with van der Waals surface area (Å²) in [4.78, 5) is 17.5. The lowest BCUT2D eigenvalue weighted by Crippen LogP contribution is -2.28. The number of anilines is 1. The highest BCUT2D eigenvalue weighted by molar-refractivity contribution is 7.16. The minimum absolute atomic E-state index is 0.0770. The molecule has 1 aromatic heterocycles. The monoisotopic (exact) mass is 400 g/mol. The van der Waals surface area contributed by atoms with Gasteiger partial charge < -0.3 is 14.2 Å². The highest BCUT2D eigenvalue weighted by Gasteiger charge is 2.17. The van der Waals surface area contributed by atoms with Crippen LogP contribution in [0.25, 0.3) is 11.3 Å². The van der Waals surface area contributed by atoms with E-state index in [0.717, 1.165) is 10.4 Å². The maximum Gasteiger partial charge on any atom is 0.387 e. The molecule has 0 aliphatic heterocycles. The van der Waals surface area contributed by atoms with Crippen molar-refractivity contribution in [3.8, 4) is 17.0 Å². The third-order valence-electron chi connectivity index (χ3n) is 3.55. The fourth-order valence-corrected chi connectivity index (χ4v) is 3.06. The van der Waals surface area contributed by atoms with Crippen LogP contribution in [0, 0.1) is 6.92 Å². The van der Waals surface area contributed by atoms with E-state index in [9.17, 15) is 13.6 Å². The van der Waals surface area contributed by atoms with Crippen LogP contribution < -0.4 is 10.1 Å². The Hall–Kier alpha value is -2.10. The average Bonchev–Trinajstić information content (AvgIpc) is 2.99. The van der Waals surface area contributed by atoms with Gasteiger partial charge in [0.15, 0.2) is 5.13 Å². The third kappa shape index (κ3) is 6.53. The highest BCUT2D eigenvalue weighted by atomic mass is 32.1. The van der Waals surface area contributed by atoms with Crippen molar-refractivity contribution in [2.75, 3.05) is 25.1 Å². The number of carbonyl (C=O) groups is 1. The van der Waals surface area contributed by atoms with Gasteiger partial charge in [0.05, 0.1) is 18.9 Å². The van der Waals surface area contributed by atoms with E-state index in [1.807, 2.05) is 13.8 Å². The molecule has 1 atom stereocenters. The van der Waals surface area contributed by atoms with Gasteiger partial charge in [0.1, 0.15) is 11.9 Å². The van der Waals surface area contributed by atoms with Gasteiger partial charge in [-0.1, -0.05) is 0 Å². The minimum atomic E-state index is -2.86. The second-order valence-corrected chi connectivity index (χ2v) is 6.73. The Labute approximate surface area is 160 Å². The molecule has 1 N–H and O–H groups in total. The number of nitrogens with one attached hydrogen (secondary N) is 1. The standard InChI is InChI=1S/C18H22F2N2O4S/c1-4-24-9-10-25-11(2)16(23)22-18-21-15(12(3)27-18)13-5-7-14(8-6-13)26-17(19)20/h5-8,11,17H,4,9-10H2,1-3H3,(H,21,22,23)/t11-/m1/s1. The Bertz CT molecular complexity index is 737. The number of thiazole rings is 1. The second kappa shape index (κ2) is 10.3. The van der Waals surface area contributed by atoms with E-state index in [1.54, 1.807) is 19.1 Å². The number of aryl methyl sites for hydroxylation is 1. The number of halogens is 2. The van der Waals surface area contributed by atoms with Gasteiger partial charge in [0.25, 0.3) is 5.91 Å². The number of ether oxygens (including phenoxy) is 3. The van der Waals surface area contributed by atoms with Gasteiger partial charge >= 0.3 is 6.61 Å². The van der Waals surface area contributed by atoms with Crippen LogP contribution in [0.15, 0.2) is 24.3 Å². The molecule has 2 aromatic rings. The van der Waals surface area contributed by atoms with Gasteiger partial charge in [0.2, 0.25) is 0 Å². The quantitative estimate of drug-likeness (QED) is 0.608. The van der Waals surface area contributed by atoms with Crippen molar-refractivity contribution in [1.29, 1.82) is 0 Å². The lowest BCUT2D eigenvalue weighted by molar-refractivity contribution is -0.127. The highest BCUT2D eigenvalue weighted by Crippen LogP contribution is 2.31. The molecule has 0 bridgehead atoms. The number of amides is 1. The molecule has 0 fully saturated rings. The van der Waals surface area contributed by atoms with Crippen LogP contribution in [0.1, 0.15) is 18.7 Å². The van der Waals surface area contributed by atoms with Gasteiger partial charge in [-0.2, -0.15) is 8.78 Å². The molecule has 0 radical (unpaired) electrons. The number of carbonyl (C=O) groups excluding carboxylic acids is 1. The fraction of sp³-hybridized carbons (Fsp3) is 0.444. The zero-order chi connectivity index (χ0) is 19.8. The van der Waals surface area contributed by atoms with E-state index in [4.69, 9.17) is 9.47 Å². The maximum absolute atomic E-state index is 12.2. The topological polar surface area (TPSA) is 69.7 Å². The van der Waals surface area contributed by atoms with Crippen LogP contribution in [-0.2, 0) is 14.3 Å².